The molecule has 0 radical (unpaired) electrons. The lowest BCUT2D eigenvalue weighted by Crippen LogP contribution is -2.09. The predicted octanol–water partition coefficient (Wildman–Crippen LogP) is 4.02. The first-order chi connectivity index (χ1) is 15.7. The second kappa shape index (κ2) is 8.67. The molecule has 0 amide bonds. The average molecular weight is 464 g/mol. The molecule has 10 heteroatoms. The van der Waals surface area contributed by atoms with Crippen molar-refractivity contribution in [1.29, 1.82) is 0 Å². The largest absolute Gasteiger partial charge is 0.402 e. The number of nitrogens with zero attached hydrogens (tertiary/aromatic N) is 2. The summed E-state index contributed by atoms with van der Waals surface area (Å²) < 4.78 is 35.1. The molecular weight excluding hydrogens is 448 g/mol. The lowest BCUT2D eigenvalue weighted by atomic mass is 10.1. The van der Waals surface area contributed by atoms with Crippen LogP contribution < -0.4 is 4.18 Å². The fourth-order valence-electron chi connectivity index (χ4n) is 2.92. The van der Waals surface area contributed by atoms with Gasteiger partial charge in [0, 0.05) is 17.7 Å². The molecule has 0 unspecified atom stereocenters. The zero-order valence-electron chi connectivity index (χ0n) is 17.2. The van der Waals surface area contributed by atoms with Crippen molar-refractivity contribution in [2.75, 3.05) is 0 Å². The summed E-state index contributed by atoms with van der Waals surface area (Å²) >= 11 is 0. The van der Waals surface area contributed by atoms with Crippen molar-refractivity contribution in [1.82, 2.24) is 0 Å². The van der Waals surface area contributed by atoms with E-state index in [4.69, 9.17) is 8.92 Å². The van der Waals surface area contributed by atoms with E-state index in [-0.39, 0.29) is 27.9 Å². The number of carbonyl (C=O) groups is 1. The van der Waals surface area contributed by atoms with Gasteiger partial charge in [-0.15, -0.1) is 0 Å². The molecule has 0 saturated carbocycles. The fourth-order valence-corrected chi connectivity index (χ4v) is 3.85. The van der Waals surface area contributed by atoms with Gasteiger partial charge < -0.3 is 8.92 Å². The van der Waals surface area contributed by atoms with E-state index in [1.807, 2.05) is 31.2 Å². The molecule has 9 nitrogen and oxygen atoms in total. The topological polar surface area (TPSA) is 125 Å². The van der Waals surface area contributed by atoms with Gasteiger partial charge >= 0.3 is 16.1 Å². The number of ether oxygens (including phenoxy) is 1. The maximum Gasteiger partial charge on any atom is 0.363 e. The number of aryl methyl sites for hydroxylation is 1. The van der Waals surface area contributed by atoms with Crippen LogP contribution in [-0.2, 0) is 19.6 Å². The lowest BCUT2D eigenvalue weighted by molar-refractivity contribution is -0.384. The van der Waals surface area contributed by atoms with Crippen LogP contribution in [0.25, 0.3) is 6.08 Å². The number of carbonyl (C=O) groups excluding carboxylic acids is 1. The van der Waals surface area contributed by atoms with Crippen LogP contribution >= 0.6 is 0 Å². The zero-order chi connectivity index (χ0) is 23.6. The Bertz CT molecular complexity index is 1390. The number of hydrogen-bond donors (Lipinski definition) is 0. The van der Waals surface area contributed by atoms with Gasteiger partial charge in [-0.2, -0.15) is 8.42 Å². The molecule has 33 heavy (non-hydrogen) atoms. The van der Waals surface area contributed by atoms with E-state index in [0.717, 1.165) is 29.8 Å². The fraction of sp³-hybridized carbons (Fsp3) is 0.0435. The number of esters is 1. The van der Waals surface area contributed by atoms with Crippen molar-refractivity contribution < 1.29 is 27.1 Å². The van der Waals surface area contributed by atoms with Gasteiger partial charge in [-0.25, -0.2) is 9.79 Å². The van der Waals surface area contributed by atoms with Crippen LogP contribution in [0.3, 0.4) is 0 Å². The van der Waals surface area contributed by atoms with Gasteiger partial charge in [0.05, 0.1) is 4.92 Å². The minimum Gasteiger partial charge on any atom is -0.402 e. The number of aliphatic imine (C=N–C) groups is 1. The highest BCUT2D eigenvalue weighted by Crippen LogP contribution is 2.23. The predicted molar refractivity (Wildman–Crippen MR) is 119 cm³/mol. The third-order valence-corrected chi connectivity index (χ3v) is 5.91. The molecule has 0 spiro atoms. The molecule has 0 bridgehead atoms. The van der Waals surface area contributed by atoms with E-state index in [2.05, 4.69) is 4.99 Å². The summed E-state index contributed by atoms with van der Waals surface area (Å²) in [6, 6.07) is 17.7. The summed E-state index contributed by atoms with van der Waals surface area (Å²) in [5.74, 6) is -0.347. The molecular formula is C23H16N2O7S. The maximum atomic E-state index is 12.4. The van der Waals surface area contributed by atoms with Gasteiger partial charge in [-0.05, 0) is 55.0 Å². The third kappa shape index (κ3) is 4.96. The molecule has 1 aliphatic rings. The molecule has 0 aromatic heterocycles. The molecule has 0 fully saturated rings. The molecule has 1 heterocycles. The number of nitro groups is 1. The summed E-state index contributed by atoms with van der Waals surface area (Å²) in [7, 11) is -4.17. The first-order valence-corrected chi connectivity index (χ1v) is 11.0. The van der Waals surface area contributed by atoms with Gasteiger partial charge in [0.2, 0.25) is 5.90 Å². The maximum absolute atomic E-state index is 12.4. The normalized spacial score (nSPS) is 14.6. The molecule has 1 aliphatic heterocycles. The van der Waals surface area contributed by atoms with Crippen LogP contribution in [0.2, 0.25) is 0 Å². The number of benzene rings is 3. The van der Waals surface area contributed by atoms with Crippen molar-refractivity contribution in [2.24, 2.45) is 4.99 Å². The second-order valence-corrected chi connectivity index (χ2v) is 8.61. The Hall–Kier alpha value is -4.31. The van der Waals surface area contributed by atoms with Crippen LogP contribution in [0.1, 0.15) is 16.7 Å². The summed E-state index contributed by atoms with van der Waals surface area (Å²) in [6.07, 6.45) is 1.51. The first kappa shape index (κ1) is 21.9. The van der Waals surface area contributed by atoms with E-state index in [1.54, 1.807) is 12.1 Å². The molecule has 0 saturated heterocycles. The van der Waals surface area contributed by atoms with Crippen molar-refractivity contribution >= 4 is 33.7 Å². The molecule has 4 rings (SSSR count). The minimum absolute atomic E-state index is 0.0355. The smallest absolute Gasteiger partial charge is 0.363 e. The van der Waals surface area contributed by atoms with Crippen LogP contribution in [0.15, 0.2) is 88.4 Å². The van der Waals surface area contributed by atoms with Gasteiger partial charge in [0.15, 0.2) is 5.70 Å². The Labute approximate surface area is 188 Å². The van der Waals surface area contributed by atoms with Crippen LogP contribution in [0, 0.1) is 17.0 Å². The van der Waals surface area contributed by atoms with E-state index in [1.165, 1.54) is 18.2 Å². The Morgan fingerprint density at radius 3 is 2.21 bits per heavy atom. The Morgan fingerprint density at radius 2 is 1.61 bits per heavy atom. The van der Waals surface area contributed by atoms with Crippen molar-refractivity contribution in [2.45, 2.75) is 11.8 Å². The number of non-ortho nitro benzene ring substituents is 1. The van der Waals surface area contributed by atoms with Gasteiger partial charge in [-0.3, -0.25) is 10.1 Å². The lowest BCUT2D eigenvalue weighted by Gasteiger charge is -2.07. The summed E-state index contributed by atoms with van der Waals surface area (Å²) in [4.78, 5) is 26.3. The Balaban J connectivity index is 1.50. The Kier molecular flexibility index (Phi) is 5.76. The van der Waals surface area contributed by atoms with Crippen LogP contribution in [-0.4, -0.2) is 25.2 Å². The highest BCUT2D eigenvalue weighted by atomic mass is 32.2. The standard InChI is InChI=1S/C23H16N2O7S/c1-15-2-6-17(7-3-15)22-24-21(23(26)31-22)14-16-4-10-19(11-5-16)32-33(29,30)20-12-8-18(9-13-20)25(27)28/h2-14H,1H3. The highest BCUT2D eigenvalue weighted by molar-refractivity contribution is 7.87. The van der Waals surface area contributed by atoms with E-state index in [0.29, 0.717) is 11.1 Å². The Morgan fingerprint density at radius 1 is 0.970 bits per heavy atom. The summed E-state index contributed by atoms with van der Waals surface area (Å²) in [5, 5.41) is 10.7. The highest BCUT2D eigenvalue weighted by Gasteiger charge is 2.24. The van der Waals surface area contributed by atoms with Crippen molar-refractivity contribution in [3.05, 3.63) is 105 Å². The molecule has 3 aromatic rings. The first-order valence-electron chi connectivity index (χ1n) is 9.60. The number of cyclic esters (lactones) is 1. The van der Waals surface area contributed by atoms with Crippen LogP contribution in [0.4, 0.5) is 5.69 Å². The van der Waals surface area contributed by atoms with Gasteiger partial charge in [-0.1, -0.05) is 29.8 Å². The number of hydrogen-bond acceptors (Lipinski definition) is 8. The molecule has 0 atom stereocenters. The van der Waals surface area contributed by atoms with E-state index >= 15 is 0 Å². The van der Waals surface area contributed by atoms with Gasteiger partial charge in [0.25, 0.3) is 5.69 Å². The minimum atomic E-state index is -4.17. The quantitative estimate of drug-likeness (QED) is 0.177. The summed E-state index contributed by atoms with van der Waals surface area (Å²) in [6.45, 7) is 1.95. The third-order valence-electron chi connectivity index (χ3n) is 4.64. The molecule has 0 aliphatic carbocycles. The summed E-state index contributed by atoms with van der Waals surface area (Å²) in [5.41, 5.74) is 2.20. The number of rotatable bonds is 6. The van der Waals surface area contributed by atoms with E-state index in [9.17, 15) is 23.3 Å². The zero-order valence-corrected chi connectivity index (χ0v) is 18.0. The van der Waals surface area contributed by atoms with Crippen LogP contribution in [0.5, 0.6) is 5.75 Å². The molecule has 3 aromatic carbocycles. The van der Waals surface area contributed by atoms with Gasteiger partial charge in [0.1, 0.15) is 10.6 Å². The average Bonchev–Trinajstić information content (AvgIpc) is 3.15. The second-order valence-electron chi connectivity index (χ2n) is 7.06. The number of nitro benzene ring substituents is 1. The SMILES string of the molecule is Cc1ccc(C2=NC(=Cc3ccc(OS(=O)(=O)c4ccc([N+](=O)[O-])cc4)cc3)C(=O)O2)cc1. The van der Waals surface area contributed by atoms with Crippen molar-refractivity contribution in [3.63, 3.8) is 0 Å². The van der Waals surface area contributed by atoms with Crippen molar-refractivity contribution in [3.8, 4) is 5.75 Å². The monoisotopic (exact) mass is 464 g/mol. The molecule has 166 valence electrons. The molecule has 0 N–H and O–H groups in total. The van der Waals surface area contributed by atoms with E-state index < -0.39 is 21.0 Å².